The standard InChI is InChI=1S/C22H22N2O/c1-3-24(21-11-6-12-23-16-21)20-10-5-8-18(14-20)15-22(25)19-9-4-7-17(2)13-19/h4-14,16H,3,15H2,1-2H3. The molecular weight excluding hydrogens is 308 g/mol. The first kappa shape index (κ1) is 16.9. The Bertz CT molecular complexity index is 859. The van der Waals surface area contributed by atoms with Crippen LogP contribution < -0.4 is 4.90 Å². The molecule has 0 N–H and O–H groups in total. The van der Waals surface area contributed by atoms with E-state index in [0.717, 1.165) is 34.6 Å². The molecule has 0 bridgehead atoms. The second kappa shape index (κ2) is 7.75. The van der Waals surface area contributed by atoms with Crippen LogP contribution in [0.2, 0.25) is 0 Å². The third-order valence-corrected chi connectivity index (χ3v) is 4.20. The Morgan fingerprint density at radius 2 is 1.80 bits per heavy atom. The monoisotopic (exact) mass is 330 g/mol. The minimum Gasteiger partial charge on any atom is -0.341 e. The quantitative estimate of drug-likeness (QED) is 0.598. The van der Waals surface area contributed by atoms with Gasteiger partial charge < -0.3 is 4.90 Å². The molecule has 0 aliphatic rings. The van der Waals surface area contributed by atoms with Crippen molar-refractivity contribution in [2.24, 2.45) is 0 Å². The van der Waals surface area contributed by atoms with Crippen molar-refractivity contribution in [3.8, 4) is 0 Å². The predicted molar refractivity (Wildman–Crippen MR) is 103 cm³/mol. The van der Waals surface area contributed by atoms with Gasteiger partial charge in [0.1, 0.15) is 0 Å². The zero-order valence-electron chi connectivity index (χ0n) is 14.6. The number of pyridine rings is 1. The van der Waals surface area contributed by atoms with Crippen LogP contribution in [0.1, 0.15) is 28.4 Å². The van der Waals surface area contributed by atoms with Crippen LogP contribution in [0.4, 0.5) is 11.4 Å². The summed E-state index contributed by atoms with van der Waals surface area (Å²) in [6, 6.07) is 19.9. The fourth-order valence-electron chi connectivity index (χ4n) is 2.97. The average molecular weight is 330 g/mol. The van der Waals surface area contributed by atoms with Crippen LogP contribution in [-0.4, -0.2) is 17.3 Å². The summed E-state index contributed by atoms with van der Waals surface area (Å²) in [5.74, 6) is 0.144. The smallest absolute Gasteiger partial charge is 0.167 e. The van der Waals surface area contributed by atoms with Gasteiger partial charge in [0.25, 0.3) is 0 Å². The average Bonchev–Trinajstić information content (AvgIpc) is 2.64. The highest BCUT2D eigenvalue weighted by molar-refractivity contribution is 5.97. The van der Waals surface area contributed by atoms with E-state index in [0.29, 0.717) is 6.42 Å². The van der Waals surface area contributed by atoms with Gasteiger partial charge in [-0.25, -0.2) is 0 Å². The summed E-state index contributed by atoms with van der Waals surface area (Å²) in [7, 11) is 0. The van der Waals surface area contributed by atoms with Gasteiger partial charge >= 0.3 is 0 Å². The SMILES string of the molecule is CCN(c1cccnc1)c1cccc(CC(=O)c2cccc(C)c2)c1. The highest BCUT2D eigenvalue weighted by Crippen LogP contribution is 2.25. The molecule has 3 nitrogen and oxygen atoms in total. The number of anilines is 2. The van der Waals surface area contributed by atoms with Gasteiger partial charge in [0.2, 0.25) is 0 Å². The Hall–Kier alpha value is -2.94. The molecular formula is C22H22N2O. The van der Waals surface area contributed by atoms with Gasteiger partial charge in [-0.1, -0.05) is 35.9 Å². The number of hydrogen-bond acceptors (Lipinski definition) is 3. The van der Waals surface area contributed by atoms with Crippen LogP contribution in [0.5, 0.6) is 0 Å². The van der Waals surface area contributed by atoms with Gasteiger partial charge in [0, 0.05) is 30.4 Å². The van der Waals surface area contributed by atoms with E-state index in [1.807, 2.05) is 61.7 Å². The number of Topliss-reactive ketones (excluding diaryl/α,β-unsaturated/α-hetero) is 1. The second-order valence-electron chi connectivity index (χ2n) is 6.09. The first-order valence-electron chi connectivity index (χ1n) is 8.53. The van der Waals surface area contributed by atoms with Gasteiger partial charge in [0.05, 0.1) is 11.9 Å². The number of ketones is 1. The second-order valence-corrected chi connectivity index (χ2v) is 6.09. The zero-order chi connectivity index (χ0) is 17.6. The summed E-state index contributed by atoms with van der Waals surface area (Å²) >= 11 is 0. The normalized spacial score (nSPS) is 10.5. The Labute approximate surface area is 149 Å². The molecule has 3 rings (SSSR count). The number of rotatable bonds is 6. The minimum atomic E-state index is 0.144. The fraction of sp³-hybridized carbons (Fsp3) is 0.182. The highest BCUT2D eigenvalue weighted by Gasteiger charge is 2.11. The predicted octanol–water partition coefficient (Wildman–Crippen LogP) is 4.97. The van der Waals surface area contributed by atoms with Gasteiger partial charge in [0.15, 0.2) is 5.78 Å². The van der Waals surface area contributed by atoms with Crippen molar-refractivity contribution in [2.45, 2.75) is 20.3 Å². The van der Waals surface area contributed by atoms with E-state index in [1.54, 1.807) is 6.20 Å². The van der Waals surface area contributed by atoms with Crippen molar-refractivity contribution in [2.75, 3.05) is 11.4 Å². The van der Waals surface area contributed by atoms with Crippen molar-refractivity contribution in [1.29, 1.82) is 0 Å². The molecule has 25 heavy (non-hydrogen) atoms. The molecule has 1 aromatic heterocycles. The molecule has 3 aromatic rings. The third kappa shape index (κ3) is 4.13. The maximum atomic E-state index is 12.6. The summed E-state index contributed by atoms with van der Waals surface area (Å²) in [6.07, 6.45) is 4.03. The van der Waals surface area contributed by atoms with Gasteiger partial charge in [-0.3, -0.25) is 9.78 Å². The lowest BCUT2D eigenvalue weighted by atomic mass is 10.0. The maximum absolute atomic E-state index is 12.6. The molecule has 0 saturated carbocycles. The minimum absolute atomic E-state index is 0.144. The Balaban J connectivity index is 1.82. The van der Waals surface area contributed by atoms with Crippen LogP contribution in [0.15, 0.2) is 73.1 Å². The van der Waals surface area contributed by atoms with Crippen LogP contribution in [0.25, 0.3) is 0 Å². The molecule has 0 radical (unpaired) electrons. The summed E-state index contributed by atoms with van der Waals surface area (Å²) in [5, 5.41) is 0. The Morgan fingerprint density at radius 1 is 1.00 bits per heavy atom. The van der Waals surface area contributed by atoms with E-state index in [9.17, 15) is 4.79 Å². The number of aryl methyl sites for hydroxylation is 1. The molecule has 0 spiro atoms. The zero-order valence-corrected chi connectivity index (χ0v) is 14.6. The molecule has 126 valence electrons. The molecule has 0 unspecified atom stereocenters. The Morgan fingerprint density at radius 3 is 2.52 bits per heavy atom. The highest BCUT2D eigenvalue weighted by atomic mass is 16.1. The van der Waals surface area contributed by atoms with Crippen LogP contribution in [0, 0.1) is 6.92 Å². The summed E-state index contributed by atoms with van der Waals surface area (Å²) < 4.78 is 0. The van der Waals surface area contributed by atoms with Crippen molar-refractivity contribution in [3.05, 3.63) is 89.7 Å². The van der Waals surface area contributed by atoms with Crippen molar-refractivity contribution >= 4 is 17.2 Å². The van der Waals surface area contributed by atoms with Crippen molar-refractivity contribution < 1.29 is 4.79 Å². The molecule has 1 heterocycles. The van der Waals surface area contributed by atoms with Crippen LogP contribution in [0.3, 0.4) is 0 Å². The first-order valence-corrected chi connectivity index (χ1v) is 8.53. The maximum Gasteiger partial charge on any atom is 0.167 e. The molecule has 0 amide bonds. The van der Waals surface area contributed by atoms with Gasteiger partial charge in [-0.15, -0.1) is 0 Å². The number of nitrogens with zero attached hydrogens (tertiary/aromatic N) is 2. The van der Waals surface area contributed by atoms with Crippen LogP contribution in [-0.2, 0) is 6.42 Å². The largest absolute Gasteiger partial charge is 0.341 e. The van der Waals surface area contributed by atoms with E-state index >= 15 is 0 Å². The molecule has 3 heteroatoms. The van der Waals surface area contributed by atoms with Crippen molar-refractivity contribution in [3.63, 3.8) is 0 Å². The number of hydrogen-bond donors (Lipinski definition) is 0. The van der Waals surface area contributed by atoms with E-state index in [1.165, 1.54) is 0 Å². The third-order valence-electron chi connectivity index (χ3n) is 4.20. The fourth-order valence-corrected chi connectivity index (χ4v) is 2.97. The molecule has 0 aliphatic heterocycles. The molecule has 0 aliphatic carbocycles. The lowest BCUT2D eigenvalue weighted by Crippen LogP contribution is -2.16. The number of benzene rings is 2. The lowest BCUT2D eigenvalue weighted by Gasteiger charge is -2.23. The van der Waals surface area contributed by atoms with E-state index in [2.05, 4.69) is 28.9 Å². The van der Waals surface area contributed by atoms with Gasteiger partial charge in [-0.2, -0.15) is 0 Å². The number of aromatic nitrogens is 1. The number of carbonyl (C=O) groups excluding carboxylic acids is 1. The van der Waals surface area contributed by atoms with Crippen LogP contribution >= 0.6 is 0 Å². The molecule has 0 fully saturated rings. The summed E-state index contributed by atoms with van der Waals surface area (Å²) in [5.41, 5.74) is 5.02. The van der Waals surface area contributed by atoms with E-state index in [4.69, 9.17) is 0 Å². The molecule has 0 atom stereocenters. The molecule has 2 aromatic carbocycles. The summed E-state index contributed by atoms with van der Waals surface area (Å²) in [6.45, 7) is 4.95. The first-order chi connectivity index (χ1) is 12.2. The van der Waals surface area contributed by atoms with E-state index < -0.39 is 0 Å². The van der Waals surface area contributed by atoms with E-state index in [-0.39, 0.29) is 5.78 Å². The lowest BCUT2D eigenvalue weighted by molar-refractivity contribution is 0.0993. The topological polar surface area (TPSA) is 33.2 Å². The summed E-state index contributed by atoms with van der Waals surface area (Å²) in [4.78, 5) is 19.0. The van der Waals surface area contributed by atoms with Gasteiger partial charge in [-0.05, 0) is 49.7 Å². The Kier molecular flexibility index (Phi) is 5.24. The van der Waals surface area contributed by atoms with Crippen molar-refractivity contribution in [1.82, 2.24) is 4.98 Å². The number of carbonyl (C=O) groups is 1. The molecule has 0 saturated heterocycles.